The van der Waals surface area contributed by atoms with Crippen LogP contribution < -0.4 is 4.72 Å². The molecule has 1 N–H and O–H groups in total. The summed E-state index contributed by atoms with van der Waals surface area (Å²) >= 11 is 6.39. The van der Waals surface area contributed by atoms with Gasteiger partial charge in [0.15, 0.2) is 5.78 Å². The van der Waals surface area contributed by atoms with E-state index in [0.29, 0.717) is 36.9 Å². The Hall–Kier alpha value is -1.77. The highest BCUT2D eigenvalue weighted by molar-refractivity contribution is 7.89. The van der Waals surface area contributed by atoms with Crippen molar-refractivity contribution in [2.24, 2.45) is 0 Å². The Balaban J connectivity index is 1.84. The van der Waals surface area contributed by atoms with E-state index < -0.39 is 10.0 Å². The summed E-state index contributed by atoms with van der Waals surface area (Å²) in [5, 5.41) is 0.594. The van der Waals surface area contributed by atoms with Crippen molar-refractivity contribution in [3.8, 4) is 0 Å². The molecule has 2 aromatic rings. The van der Waals surface area contributed by atoms with Gasteiger partial charge in [0.1, 0.15) is 0 Å². The zero-order valence-electron chi connectivity index (χ0n) is 15.6. The van der Waals surface area contributed by atoms with E-state index in [9.17, 15) is 13.2 Å². The smallest absolute Gasteiger partial charge is 0.240 e. The molecule has 1 saturated heterocycles. The number of benzene rings is 2. The third-order valence-electron chi connectivity index (χ3n) is 4.77. The third-order valence-corrected chi connectivity index (χ3v) is 6.53. The molecule has 0 spiro atoms. The molecule has 6 nitrogen and oxygen atoms in total. The highest BCUT2D eigenvalue weighted by Gasteiger charge is 2.26. The Morgan fingerprint density at radius 3 is 2.57 bits per heavy atom. The summed E-state index contributed by atoms with van der Waals surface area (Å²) in [6.45, 7) is 4.14. The first-order valence-electron chi connectivity index (χ1n) is 9.05. The summed E-state index contributed by atoms with van der Waals surface area (Å²) in [5.74, 6) is -0.181. The van der Waals surface area contributed by atoms with E-state index in [1.165, 1.54) is 19.1 Å². The predicted molar refractivity (Wildman–Crippen MR) is 108 cm³/mol. The normalized spacial score (nSPS) is 16.6. The highest BCUT2D eigenvalue weighted by atomic mass is 35.5. The molecule has 1 heterocycles. The quantitative estimate of drug-likeness (QED) is 0.694. The molecule has 1 aliphatic rings. The van der Waals surface area contributed by atoms with Crippen LogP contribution in [0, 0.1) is 0 Å². The van der Waals surface area contributed by atoms with Gasteiger partial charge in [-0.3, -0.25) is 9.69 Å². The minimum atomic E-state index is -3.77. The van der Waals surface area contributed by atoms with E-state index in [1.807, 2.05) is 18.2 Å². The van der Waals surface area contributed by atoms with Gasteiger partial charge in [0.2, 0.25) is 10.0 Å². The molecule has 0 radical (unpaired) electrons. The number of hydrogen-bond acceptors (Lipinski definition) is 5. The lowest BCUT2D eigenvalue weighted by Crippen LogP contribution is -2.43. The molecule has 0 bridgehead atoms. The van der Waals surface area contributed by atoms with E-state index in [1.54, 1.807) is 18.2 Å². The van der Waals surface area contributed by atoms with Crippen LogP contribution in [-0.2, 0) is 14.8 Å². The second-order valence-corrected chi connectivity index (χ2v) is 8.80. The molecule has 1 fully saturated rings. The van der Waals surface area contributed by atoms with Gasteiger partial charge in [-0.05, 0) is 30.7 Å². The van der Waals surface area contributed by atoms with Crippen molar-refractivity contribution in [3.05, 3.63) is 64.7 Å². The number of hydrogen-bond donors (Lipinski definition) is 1. The summed E-state index contributed by atoms with van der Waals surface area (Å²) in [6, 6.07) is 13.3. The van der Waals surface area contributed by atoms with Gasteiger partial charge in [0.05, 0.1) is 18.1 Å². The van der Waals surface area contributed by atoms with Crippen molar-refractivity contribution < 1.29 is 17.9 Å². The Bertz CT molecular complexity index is 943. The lowest BCUT2D eigenvalue weighted by molar-refractivity contribution is 0.0172. The lowest BCUT2D eigenvalue weighted by atomic mass is 10.0. The second kappa shape index (κ2) is 9.15. The molecule has 150 valence electrons. The van der Waals surface area contributed by atoms with Gasteiger partial charge in [-0.25, -0.2) is 13.1 Å². The molecule has 3 rings (SSSR count). The summed E-state index contributed by atoms with van der Waals surface area (Å²) < 4.78 is 33.7. The largest absolute Gasteiger partial charge is 0.379 e. The molecule has 8 heteroatoms. The number of halogens is 1. The molecule has 0 aliphatic carbocycles. The maximum atomic E-state index is 12.8. The number of morpholine rings is 1. The Labute approximate surface area is 170 Å². The minimum Gasteiger partial charge on any atom is -0.379 e. The number of rotatable bonds is 7. The molecule has 1 aliphatic heterocycles. The van der Waals surface area contributed by atoms with Gasteiger partial charge in [-0.2, -0.15) is 0 Å². The fourth-order valence-corrected chi connectivity index (χ4v) is 4.57. The fraction of sp³-hybridized carbons (Fsp3) is 0.350. The van der Waals surface area contributed by atoms with Crippen LogP contribution in [0.15, 0.2) is 53.4 Å². The minimum absolute atomic E-state index is 0.0695. The molecule has 28 heavy (non-hydrogen) atoms. The monoisotopic (exact) mass is 422 g/mol. The molecular weight excluding hydrogens is 400 g/mol. The maximum Gasteiger partial charge on any atom is 0.240 e. The Morgan fingerprint density at radius 2 is 1.89 bits per heavy atom. The number of sulfonamides is 1. The van der Waals surface area contributed by atoms with Crippen molar-refractivity contribution in [1.82, 2.24) is 9.62 Å². The molecule has 0 amide bonds. The zero-order chi connectivity index (χ0) is 20.1. The van der Waals surface area contributed by atoms with Gasteiger partial charge >= 0.3 is 0 Å². The number of carbonyl (C=O) groups excluding carboxylic acids is 1. The number of nitrogens with one attached hydrogen (secondary N) is 1. The Kier molecular flexibility index (Phi) is 6.85. The average molecular weight is 423 g/mol. The van der Waals surface area contributed by atoms with Crippen LogP contribution in [-0.4, -0.2) is 51.9 Å². The first kappa shape index (κ1) is 21.0. The fourth-order valence-electron chi connectivity index (χ4n) is 3.22. The topological polar surface area (TPSA) is 75.7 Å². The molecule has 0 saturated carbocycles. The van der Waals surface area contributed by atoms with Gasteiger partial charge < -0.3 is 4.74 Å². The van der Waals surface area contributed by atoms with Crippen molar-refractivity contribution in [2.45, 2.75) is 17.9 Å². The van der Waals surface area contributed by atoms with Crippen LogP contribution in [0.4, 0.5) is 0 Å². The summed E-state index contributed by atoms with van der Waals surface area (Å²) in [6.07, 6.45) is 0. The van der Waals surface area contributed by atoms with E-state index in [4.69, 9.17) is 16.3 Å². The lowest BCUT2D eigenvalue weighted by Gasteiger charge is -2.35. The van der Waals surface area contributed by atoms with Gasteiger partial charge in [-0.1, -0.05) is 41.9 Å². The van der Waals surface area contributed by atoms with Crippen LogP contribution in [0.25, 0.3) is 0 Å². The first-order valence-corrected chi connectivity index (χ1v) is 10.9. The van der Waals surface area contributed by atoms with Gasteiger partial charge in [0, 0.05) is 36.3 Å². The molecular formula is C20H23ClN2O4S. The molecule has 0 unspecified atom stereocenters. The third kappa shape index (κ3) is 4.98. The average Bonchev–Trinajstić information content (AvgIpc) is 2.70. The number of ketones is 1. The molecule has 0 aromatic heterocycles. The van der Waals surface area contributed by atoms with Crippen molar-refractivity contribution >= 4 is 27.4 Å². The highest BCUT2D eigenvalue weighted by Crippen LogP contribution is 2.28. The number of carbonyl (C=O) groups is 1. The van der Waals surface area contributed by atoms with Gasteiger partial charge in [0.25, 0.3) is 0 Å². The Morgan fingerprint density at radius 1 is 1.18 bits per heavy atom. The maximum absolute atomic E-state index is 12.8. The van der Waals surface area contributed by atoms with Gasteiger partial charge in [-0.15, -0.1) is 0 Å². The molecule has 2 aromatic carbocycles. The number of nitrogens with zero attached hydrogens (tertiary/aromatic N) is 1. The number of Topliss-reactive ketones (excluding diaryl/α,β-unsaturated/α-hetero) is 1. The molecule has 1 atom stereocenters. The van der Waals surface area contributed by atoms with Crippen molar-refractivity contribution in [2.75, 3.05) is 32.8 Å². The van der Waals surface area contributed by atoms with Crippen LogP contribution >= 0.6 is 11.6 Å². The SMILES string of the molecule is CC(=O)c1cccc(S(=O)(=O)NC[C@@H](c2ccccc2Cl)N2CCOCC2)c1. The summed E-state index contributed by atoms with van der Waals surface area (Å²) in [4.78, 5) is 13.8. The van der Waals surface area contributed by atoms with Crippen molar-refractivity contribution in [1.29, 1.82) is 0 Å². The van der Waals surface area contributed by atoms with Crippen LogP contribution in [0.1, 0.15) is 28.9 Å². The summed E-state index contributed by atoms with van der Waals surface area (Å²) in [5.41, 5.74) is 1.23. The van der Waals surface area contributed by atoms with Crippen LogP contribution in [0.2, 0.25) is 5.02 Å². The van der Waals surface area contributed by atoms with E-state index >= 15 is 0 Å². The second-order valence-electron chi connectivity index (χ2n) is 6.62. The van der Waals surface area contributed by atoms with Crippen molar-refractivity contribution in [3.63, 3.8) is 0 Å². The van der Waals surface area contributed by atoms with Crippen LogP contribution in [0.5, 0.6) is 0 Å². The first-order chi connectivity index (χ1) is 13.4. The standard InChI is InChI=1S/C20H23ClN2O4S/c1-15(24)16-5-4-6-17(13-16)28(25,26)22-14-20(23-9-11-27-12-10-23)18-7-2-3-8-19(18)21/h2-8,13,20,22H,9-12,14H2,1H3/t20-/m0/s1. The summed E-state index contributed by atoms with van der Waals surface area (Å²) in [7, 11) is -3.77. The zero-order valence-corrected chi connectivity index (χ0v) is 17.2. The van der Waals surface area contributed by atoms with E-state index in [2.05, 4.69) is 9.62 Å². The van der Waals surface area contributed by atoms with E-state index in [0.717, 1.165) is 5.56 Å². The van der Waals surface area contributed by atoms with Crippen LogP contribution in [0.3, 0.4) is 0 Å². The van der Waals surface area contributed by atoms with E-state index in [-0.39, 0.29) is 23.3 Å². The number of ether oxygens (including phenoxy) is 1. The predicted octanol–water partition coefficient (Wildman–Crippen LogP) is 2.89.